The second kappa shape index (κ2) is 10.5. The first-order valence-corrected chi connectivity index (χ1v) is 10.4. The van der Waals surface area contributed by atoms with Crippen LogP contribution in [0.3, 0.4) is 0 Å². The van der Waals surface area contributed by atoms with E-state index >= 15 is 0 Å². The summed E-state index contributed by atoms with van der Waals surface area (Å²) >= 11 is 6.61. The van der Waals surface area contributed by atoms with Crippen molar-refractivity contribution in [2.45, 2.75) is 6.54 Å². The van der Waals surface area contributed by atoms with Crippen molar-refractivity contribution in [3.05, 3.63) is 82.4 Å². The van der Waals surface area contributed by atoms with Crippen LogP contribution in [0.4, 0.5) is 5.69 Å². The topological polar surface area (TPSA) is 25.1 Å². The molecule has 0 amide bonds. The van der Waals surface area contributed by atoms with Gasteiger partial charge in [0.15, 0.2) is 0 Å². The van der Waals surface area contributed by atoms with E-state index in [0.29, 0.717) is 0 Å². The Morgan fingerprint density at radius 3 is 2.08 bits per heavy atom. The number of rotatable bonds is 4. The fourth-order valence-corrected chi connectivity index (χ4v) is 3.12. The van der Waals surface area contributed by atoms with Crippen LogP contribution in [-0.2, 0) is 32.9 Å². The predicted octanol–water partition coefficient (Wildman–Crippen LogP) is 4.65. The first kappa shape index (κ1) is 19.9. The van der Waals surface area contributed by atoms with E-state index in [1.807, 2.05) is 39.6 Å². The van der Waals surface area contributed by atoms with Crippen molar-refractivity contribution < 1.29 is 19.4 Å². The molecule has 0 bridgehead atoms. The number of hydrazine groups is 1. The predicted molar refractivity (Wildman–Crippen MR) is 112 cm³/mol. The Bertz CT molecular complexity index is 787. The van der Waals surface area contributed by atoms with Crippen LogP contribution in [-0.4, -0.2) is 9.13 Å². The number of aromatic nitrogens is 2. The molecule has 0 radical (unpaired) electrons. The number of imidazole rings is 1. The van der Waals surface area contributed by atoms with E-state index < -0.39 is 0 Å². The largest absolute Gasteiger partial charge is 0.239 e. The zero-order valence-corrected chi connectivity index (χ0v) is 19.6. The van der Waals surface area contributed by atoms with Crippen LogP contribution in [0.25, 0.3) is 0 Å². The van der Waals surface area contributed by atoms with E-state index in [0.717, 1.165) is 12.2 Å². The molecule has 3 aromatic rings. The van der Waals surface area contributed by atoms with Gasteiger partial charge in [-0.3, -0.25) is 0 Å². The molecule has 1 N–H and O–H groups in total. The van der Waals surface area contributed by atoms with Gasteiger partial charge in [-0.2, -0.15) is 3.64 Å². The first-order chi connectivity index (χ1) is 11.6. The summed E-state index contributed by atoms with van der Waals surface area (Å²) in [6, 6.07) is 20.6. The molecule has 24 heavy (non-hydrogen) atoms. The molecule has 2 aromatic carbocycles. The van der Waals surface area contributed by atoms with Gasteiger partial charge in [0.25, 0.3) is 0 Å². The number of nitrogens with one attached hydrogen (secondary N) is 1. The minimum atomic E-state index is 0.945. The summed E-state index contributed by atoms with van der Waals surface area (Å²) in [6.07, 6.45) is 4.18. The summed E-state index contributed by atoms with van der Waals surface area (Å²) in [6.45, 7) is 0.945. The van der Waals surface area contributed by atoms with Gasteiger partial charge >= 0.3 is 94.2 Å². The number of aryl methyl sites for hydroxylation is 1. The third kappa shape index (κ3) is 6.13. The minimum Gasteiger partial charge on any atom is -0.239 e. The van der Waals surface area contributed by atoms with E-state index in [9.17, 15) is 0 Å². The fraction of sp³-hybridized carbons (Fsp3) is 0.118. The number of hydrogen-bond donors (Lipinski definition) is 1. The van der Waals surface area contributed by atoms with Crippen LogP contribution in [0.15, 0.2) is 73.1 Å². The Morgan fingerprint density at radius 2 is 1.58 bits per heavy atom. The normalized spacial score (nSPS) is 10.0. The first-order valence-electron chi connectivity index (χ1n) is 7.20. The van der Waals surface area contributed by atoms with Crippen LogP contribution in [0.2, 0.25) is 0 Å². The number of anilines is 1. The van der Waals surface area contributed by atoms with Gasteiger partial charge in [-0.15, -0.1) is 0 Å². The van der Waals surface area contributed by atoms with Gasteiger partial charge in [-0.1, -0.05) is 18.2 Å². The fourth-order valence-electron chi connectivity index (χ4n) is 2.00. The van der Waals surface area contributed by atoms with Crippen LogP contribution >= 0.6 is 45.7 Å². The average molecular weight is 727 g/mol. The minimum absolute atomic E-state index is 0.945. The number of nitrogens with zero attached hydrogens (tertiary/aromatic N) is 3. The van der Waals surface area contributed by atoms with Crippen molar-refractivity contribution in [3.63, 3.8) is 0 Å². The molecule has 3 rings (SSSR count). The molecule has 0 aliphatic heterocycles. The number of benzene rings is 2. The molecule has 0 unspecified atom stereocenters. The molecule has 0 fully saturated rings. The Kier molecular flexibility index (Phi) is 8.72. The van der Waals surface area contributed by atoms with Crippen molar-refractivity contribution in [1.29, 1.82) is 0 Å². The number of halogens is 2. The average Bonchev–Trinajstić information content (AvgIpc) is 2.95. The van der Waals surface area contributed by atoms with Crippen LogP contribution < -0.4 is 6.86 Å². The summed E-state index contributed by atoms with van der Waals surface area (Å²) < 4.78 is 10.5. The van der Waals surface area contributed by atoms with Gasteiger partial charge in [-0.05, 0) is 12.1 Å². The molecule has 4 nitrogen and oxygen atoms in total. The van der Waals surface area contributed by atoms with Crippen LogP contribution in [0.5, 0.6) is 0 Å². The van der Waals surface area contributed by atoms with Gasteiger partial charge < -0.3 is 0 Å². The van der Waals surface area contributed by atoms with Crippen molar-refractivity contribution in [2.24, 2.45) is 7.05 Å². The van der Waals surface area contributed by atoms with Crippen LogP contribution in [0.1, 0.15) is 5.56 Å². The summed E-state index contributed by atoms with van der Waals surface area (Å²) in [5, 5.41) is 0. The second-order valence-electron chi connectivity index (χ2n) is 4.96. The van der Waals surface area contributed by atoms with Gasteiger partial charge in [0.05, 0.1) is 28.6 Å². The molecule has 1 heterocycles. The molecule has 0 spiro atoms. The standard InChI is InChI=1S/C11H12N2.C6H6I2N2.Pt/c1-12-7-8-13(10-12)9-11-5-3-2-4-6-11;7-9-10(8)6-4-2-1-3-5-6;/h2-8H,9H2,1H3;1-5,9H;. The molecule has 130 valence electrons. The monoisotopic (exact) mass is 727 g/mol. The van der Waals surface area contributed by atoms with Crippen molar-refractivity contribution in [3.8, 4) is 0 Å². The summed E-state index contributed by atoms with van der Waals surface area (Å²) in [4.78, 5) is 0. The smallest absolute Gasteiger partial charge is 0.0774 e. The van der Waals surface area contributed by atoms with E-state index in [-0.39, 0.29) is 0 Å². The Morgan fingerprint density at radius 1 is 1.00 bits per heavy atom. The SMILES string of the molecule is Cn1ccn(Cc2ccccc2)[c]1=[Pt].INN(I)c1ccccc1. The maximum Gasteiger partial charge on any atom is 0.0774 e. The third-order valence-electron chi connectivity index (χ3n) is 3.21. The summed E-state index contributed by atoms with van der Waals surface area (Å²) in [5.74, 6) is 0. The molecule has 1 aromatic heterocycles. The van der Waals surface area contributed by atoms with Gasteiger partial charge in [0.1, 0.15) is 0 Å². The van der Waals surface area contributed by atoms with Crippen molar-refractivity contribution in [1.82, 2.24) is 12.8 Å². The quantitative estimate of drug-likeness (QED) is 0.241. The second-order valence-corrected chi connectivity index (χ2v) is 7.43. The van der Waals surface area contributed by atoms with Crippen molar-refractivity contribution >= 4 is 51.4 Å². The van der Waals surface area contributed by atoms with E-state index in [2.05, 4.69) is 122 Å². The maximum atomic E-state index is 2.97. The van der Waals surface area contributed by atoms with Gasteiger partial charge in [0, 0.05) is 22.9 Å². The zero-order chi connectivity index (χ0) is 17.4. The summed E-state index contributed by atoms with van der Waals surface area (Å²) in [5.41, 5.74) is 2.49. The molecule has 0 aliphatic carbocycles. The molecule has 0 atom stereocenters. The van der Waals surface area contributed by atoms with Crippen molar-refractivity contribution in [2.75, 3.05) is 3.22 Å². The zero-order valence-electron chi connectivity index (χ0n) is 13.0. The van der Waals surface area contributed by atoms with E-state index in [4.69, 9.17) is 0 Å². The maximum absolute atomic E-state index is 2.97. The molecule has 0 aliphatic rings. The van der Waals surface area contributed by atoms with Gasteiger partial charge in [-0.25, -0.2) is 3.22 Å². The molecular formula is C17H18I2N4Pt. The van der Waals surface area contributed by atoms with Gasteiger partial charge in [0.2, 0.25) is 0 Å². The molecule has 7 heteroatoms. The number of hydrogen-bond acceptors (Lipinski definition) is 2. The molecule has 0 saturated heterocycles. The van der Waals surface area contributed by atoms with E-state index in [1.54, 1.807) is 0 Å². The van der Waals surface area contributed by atoms with Crippen LogP contribution in [0, 0.1) is 3.80 Å². The molecular weight excluding hydrogens is 709 g/mol. The Hall–Kier alpha value is -0.442. The Balaban J connectivity index is 0.000000185. The summed E-state index contributed by atoms with van der Waals surface area (Å²) in [7, 11) is 2.06. The number of para-hydroxylation sites is 1. The Labute approximate surface area is 181 Å². The third-order valence-corrected chi connectivity index (χ3v) is 6.87. The van der Waals surface area contributed by atoms with E-state index in [1.165, 1.54) is 9.37 Å². The molecule has 0 saturated carbocycles.